The van der Waals surface area contributed by atoms with Crippen LogP contribution in [-0.2, 0) is 11.8 Å². The third kappa shape index (κ3) is 68.7. The van der Waals surface area contributed by atoms with Crippen molar-refractivity contribution >= 4 is 18.5 Å². The van der Waals surface area contributed by atoms with Crippen LogP contribution in [0.25, 0.3) is 0 Å². The topological polar surface area (TPSA) is 60.7 Å². The van der Waals surface area contributed by atoms with Crippen molar-refractivity contribution in [2.24, 2.45) is 0 Å². The summed E-state index contributed by atoms with van der Waals surface area (Å²) in [7, 11) is 0. The summed E-state index contributed by atoms with van der Waals surface area (Å²) in [6.45, 7) is -3.81. The molecule has 0 aromatic rings. The molecule has 6 heteroatoms. The second-order valence-electron chi connectivity index (χ2n) is 0.513. The molecule has 0 aliphatic heterocycles. The van der Waals surface area contributed by atoms with Gasteiger partial charge in [-0.15, -0.1) is 0 Å². The molecule has 0 aliphatic rings. The summed E-state index contributed by atoms with van der Waals surface area (Å²) in [6.07, 6.45) is 0. The van der Waals surface area contributed by atoms with Crippen LogP contribution in [0, 0.1) is 0 Å². The van der Waals surface area contributed by atoms with Crippen molar-refractivity contribution < 1.29 is 35.0 Å². The summed E-state index contributed by atoms with van der Waals surface area (Å²) >= 11 is 3.60. The normalized spacial score (nSPS) is 9.83. The van der Waals surface area contributed by atoms with E-state index >= 15 is 0 Å². The van der Waals surface area contributed by atoms with Crippen LogP contribution in [0.3, 0.4) is 0 Å². The van der Waals surface area contributed by atoms with Crippen LogP contribution in [0.4, 0.5) is 0 Å². The van der Waals surface area contributed by atoms with Crippen molar-refractivity contribution in [2.45, 2.75) is 0 Å². The Morgan fingerprint density at radius 3 is 1.33 bits per heavy atom. The van der Waals surface area contributed by atoms with Crippen molar-refractivity contribution in [3.8, 4) is 0 Å². The van der Waals surface area contributed by atoms with Gasteiger partial charge in [0, 0.05) is 0 Å². The van der Waals surface area contributed by atoms with Gasteiger partial charge in [0.25, 0.3) is 0 Å². The van der Waals surface area contributed by atoms with E-state index in [1.165, 1.54) is 0 Å². The summed E-state index contributed by atoms with van der Waals surface area (Å²) in [5.41, 5.74) is 0. The average molecular weight is 122 g/mol. The first-order valence-corrected chi connectivity index (χ1v) is 3.44. The van der Waals surface area contributed by atoms with Crippen molar-refractivity contribution in [1.82, 2.24) is 0 Å². The largest absolute Gasteiger partial charge is 1.00 e. The minimum atomic E-state index is -3.81. The second kappa shape index (κ2) is 3.17. The van der Waals surface area contributed by atoms with E-state index < -0.39 is 6.72 Å². The van der Waals surface area contributed by atoms with Gasteiger partial charge in [-0.25, -0.2) is 0 Å². The Balaban J connectivity index is -0.0000000800. The third-order valence-electron chi connectivity index (χ3n) is 0. The van der Waals surface area contributed by atoms with Gasteiger partial charge in [-0.3, -0.25) is 0 Å². The molecule has 0 radical (unpaired) electrons. The Labute approximate surface area is 53.9 Å². The number of hydrogen-bond donors (Lipinski definition) is 3. The van der Waals surface area contributed by atoms with Crippen molar-refractivity contribution in [3.63, 3.8) is 0 Å². The molecule has 0 bridgehead atoms. The Kier molecular flexibility index (Phi) is 5.38. The molecule has 0 fully saturated rings. The zero-order chi connectivity index (χ0) is 4.50. The quantitative estimate of drug-likeness (QED) is 0.228. The third-order valence-corrected chi connectivity index (χ3v) is 0. The van der Waals surface area contributed by atoms with Gasteiger partial charge in [0.1, 0.15) is 0 Å². The monoisotopic (exact) mass is 122 g/mol. The Morgan fingerprint density at radius 2 is 1.33 bits per heavy atom. The fraction of sp³-hybridized carbons (Fsp3) is 0. The maximum atomic E-state index is 7.56. The maximum Gasteiger partial charge on any atom is 1.00 e. The molecule has 0 atom stereocenters. The van der Waals surface area contributed by atoms with E-state index in [1.54, 1.807) is 0 Å². The van der Waals surface area contributed by atoms with Crippen LogP contribution in [0.15, 0.2) is 0 Å². The molecule has 0 aromatic heterocycles. The van der Waals surface area contributed by atoms with Crippen LogP contribution in [0.5, 0.6) is 0 Å². The van der Waals surface area contributed by atoms with E-state index in [2.05, 4.69) is 11.8 Å². The average Bonchev–Trinajstić information content (AvgIpc) is 0.722. The summed E-state index contributed by atoms with van der Waals surface area (Å²) in [5.74, 6) is 0. The van der Waals surface area contributed by atoms with Gasteiger partial charge in [-0.05, 0) is 11.8 Å². The van der Waals surface area contributed by atoms with E-state index in [0.717, 1.165) is 0 Å². The van der Waals surface area contributed by atoms with Crippen molar-refractivity contribution in [3.05, 3.63) is 0 Å². The van der Waals surface area contributed by atoms with Gasteiger partial charge in [0.2, 0.25) is 0 Å². The second-order valence-corrected chi connectivity index (χ2v) is 3.01. The Hall–Kier alpha value is 1.13. The predicted octanol–water partition coefficient (Wildman–Crippen LogP) is -3.70. The van der Waals surface area contributed by atoms with Crippen molar-refractivity contribution in [2.75, 3.05) is 0 Å². The molecule has 0 amide bonds. The fourth-order valence-corrected chi connectivity index (χ4v) is 0. The standard InChI is InChI=1S/Li.H3O3PS.H/c;1-4(2,3)5;/h;(H3,1,2,3,5);/q+1;;-1. The van der Waals surface area contributed by atoms with Crippen molar-refractivity contribution in [1.29, 1.82) is 0 Å². The van der Waals surface area contributed by atoms with Gasteiger partial charge in [0.05, 0.1) is 0 Å². The SMILES string of the molecule is OP(O)(O)=S.[H-].[Li+]. The van der Waals surface area contributed by atoms with Gasteiger partial charge in [0.15, 0.2) is 0 Å². The first-order valence-electron chi connectivity index (χ1n) is 0.783. The van der Waals surface area contributed by atoms with E-state index in [1.807, 2.05) is 0 Å². The summed E-state index contributed by atoms with van der Waals surface area (Å²) in [5, 5.41) is 0. The molecule has 0 aliphatic carbocycles. The zero-order valence-corrected chi connectivity index (χ0v) is 4.91. The van der Waals surface area contributed by atoms with Gasteiger partial charge >= 0.3 is 25.6 Å². The van der Waals surface area contributed by atoms with E-state index in [9.17, 15) is 0 Å². The van der Waals surface area contributed by atoms with Gasteiger partial charge < -0.3 is 16.1 Å². The van der Waals surface area contributed by atoms with Crippen LogP contribution in [-0.4, -0.2) is 14.7 Å². The Bertz CT molecular complexity index is 61.1. The smallest absolute Gasteiger partial charge is 1.00 e. The van der Waals surface area contributed by atoms with E-state index in [0.29, 0.717) is 0 Å². The summed E-state index contributed by atoms with van der Waals surface area (Å²) < 4.78 is 0. The fourth-order valence-electron chi connectivity index (χ4n) is 0. The number of rotatable bonds is 0. The van der Waals surface area contributed by atoms with Crippen LogP contribution in [0.2, 0.25) is 0 Å². The molecule has 0 unspecified atom stereocenters. The van der Waals surface area contributed by atoms with Crippen LogP contribution in [0.1, 0.15) is 1.43 Å². The molecular formula is H4LiO3PS. The molecule has 3 N–H and O–H groups in total. The zero-order valence-electron chi connectivity index (χ0n) is 4.20. The minimum Gasteiger partial charge on any atom is -1.00 e. The Morgan fingerprint density at radius 1 is 1.33 bits per heavy atom. The molecule has 0 aromatic carbocycles. The first-order chi connectivity index (χ1) is 2.00. The molecule has 0 spiro atoms. The maximum absolute atomic E-state index is 7.56. The van der Waals surface area contributed by atoms with E-state index in [-0.39, 0.29) is 20.3 Å². The van der Waals surface area contributed by atoms with Gasteiger partial charge in [-0.1, -0.05) is 0 Å². The van der Waals surface area contributed by atoms with Crippen LogP contribution < -0.4 is 18.9 Å². The molecule has 0 saturated carbocycles. The van der Waals surface area contributed by atoms with Crippen LogP contribution >= 0.6 is 6.72 Å². The molecule has 34 valence electrons. The predicted molar refractivity (Wildman–Crippen MR) is 22.1 cm³/mol. The molecular weight excluding hydrogens is 118 g/mol. The van der Waals surface area contributed by atoms with E-state index in [4.69, 9.17) is 14.7 Å². The van der Waals surface area contributed by atoms with Gasteiger partial charge in [-0.2, -0.15) is 0 Å². The summed E-state index contributed by atoms with van der Waals surface area (Å²) in [6, 6.07) is 0. The molecule has 0 heterocycles. The molecule has 3 nitrogen and oxygen atoms in total. The molecule has 0 rings (SSSR count). The number of hydrogen-bond acceptors (Lipinski definition) is 1. The molecule has 6 heavy (non-hydrogen) atoms. The minimum absolute atomic E-state index is 0. The molecule has 0 saturated heterocycles. The first kappa shape index (κ1) is 10.2. The summed E-state index contributed by atoms with van der Waals surface area (Å²) in [4.78, 5) is 22.7.